The molecule has 0 spiro atoms. The number of pyridine rings is 1. The van der Waals surface area contributed by atoms with Gasteiger partial charge in [0.25, 0.3) is 5.91 Å². The van der Waals surface area contributed by atoms with Crippen molar-refractivity contribution in [1.29, 1.82) is 0 Å². The van der Waals surface area contributed by atoms with Crippen LogP contribution >= 0.6 is 23.2 Å². The van der Waals surface area contributed by atoms with Crippen molar-refractivity contribution in [1.82, 2.24) is 4.98 Å². The number of hydrogen-bond donors (Lipinski definition) is 0. The number of fused-ring (bicyclic) bond motifs is 1. The normalized spacial score (nSPS) is 17.7. The van der Waals surface area contributed by atoms with E-state index in [0.29, 0.717) is 6.42 Å². The molecule has 3 aromatic rings. The Labute approximate surface area is 191 Å². The molecule has 158 valence electrons. The predicted molar refractivity (Wildman–Crippen MR) is 124 cm³/mol. The summed E-state index contributed by atoms with van der Waals surface area (Å²) >= 11 is 12.3. The Hall–Kier alpha value is -2.89. The molecular weight excluding hydrogens is 433 g/mol. The van der Waals surface area contributed by atoms with Crippen LogP contribution in [-0.4, -0.2) is 22.8 Å². The minimum absolute atomic E-state index is 0.0578. The van der Waals surface area contributed by atoms with Crippen molar-refractivity contribution >= 4 is 46.4 Å². The highest BCUT2D eigenvalue weighted by atomic mass is 35.5. The molecule has 1 aliphatic heterocycles. The highest BCUT2D eigenvalue weighted by Gasteiger charge is 2.38. The lowest BCUT2D eigenvalue weighted by molar-refractivity contribution is -0.117. The van der Waals surface area contributed by atoms with Gasteiger partial charge in [-0.25, -0.2) is 4.98 Å². The van der Waals surface area contributed by atoms with E-state index in [1.54, 1.807) is 28.9 Å². The average molecular weight is 454 g/mol. The topological polar surface area (TPSA) is 53.5 Å². The van der Waals surface area contributed by atoms with E-state index >= 15 is 0 Å². The Morgan fingerprint density at radius 2 is 1.68 bits per heavy atom. The van der Waals surface area contributed by atoms with Crippen molar-refractivity contribution in [2.45, 2.75) is 32.4 Å². The number of rotatable bonds is 3. The van der Waals surface area contributed by atoms with Crippen LogP contribution in [-0.2, 0) is 4.79 Å². The second-order valence-electron chi connectivity index (χ2n) is 7.52. The van der Waals surface area contributed by atoms with Crippen LogP contribution < -0.4 is 9.80 Å². The third kappa shape index (κ3) is 4.03. The molecule has 1 aromatic heterocycles. The Kier molecular flexibility index (Phi) is 5.99. The van der Waals surface area contributed by atoms with Gasteiger partial charge in [-0.05, 0) is 49.2 Å². The first kappa shape index (κ1) is 21.3. The summed E-state index contributed by atoms with van der Waals surface area (Å²) in [5.74, 6) is -0.377. The van der Waals surface area contributed by atoms with Gasteiger partial charge in [-0.15, -0.1) is 0 Å². The highest BCUT2D eigenvalue weighted by molar-refractivity contribution is 6.35. The summed E-state index contributed by atoms with van der Waals surface area (Å²) in [5.41, 5.74) is 2.56. The minimum Gasteiger partial charge on any atom is -0.305 e. The van der Waals surface area contributed by atoms with E-state index in [9.17, 15) is 9.59 Å². The summed E-state index contributed by atoms with van der Waals surface area (Å²) in [6.07, 6.45) is 0.565. The number of carbonyl (C=O) groups is 2. The largest absolute Gasteiger partial charge is 0.305 e. The van der Waals surface area contributed by atoms with E-state index in [1.165, 1.54) is 0 Å². The molecule has 2 amide bonds. The maximum absolute atomic E-state index is 13.5. The summed E-state index contributed by atoms with van der Waals surface area (Å²) < 4.78 is 0. The molecule has 0 bridgehead atoms. The van der Waals surface area contributed by atoms with Gasteiger partial charge in [0.05, 0.1) is 11.1 Å². The Balaban J connectivity index is 1.80. The molecule has 7 heteroatoms. The maximum Gasteiger partial charge on any atom is 0.278 e. The molecule has 0 unspecified atom stereocenters. The predicted octanol–water partition coefficient (Wildman–Crippen LogP) is 5.92. The number of anilines is 2. The number of benzene rings is 2. The molecule has 2 atom stereocenters. The van der Waals surface area contributed by atoms with Gasteiger partial charge in [-0.1, -0.05) is 59.6 Å². The van der Waals surface area contributed by atoms with Crippen LogP contribution in [0.3, 0.4) is 0 Å². The fourth-order valence-electron chi connectivity index (χ4n) is 4.19. The summed E-state index contributed by atoms with van der Waals surface area (Å²) in [5, 5.41) is 0.450. The summed E-state index contributed by atoms with van der Waals surface area (Å²) in [6.45, 7) is 3.52. The number of carbonyl (C=O) groups excluding carboxylic acids is 2. The zero-order chi connectivity index (χ0) is 22.1. The maximum atomic E-state index is 13.5. The lowest BCUT2D eigenvalue weighted by Gasteiger charge is -2.43. The molecule has 0 aliphatic carbocycles. The van der Waals surface area contributed by atoms with Crippen LogP contribution in [0.5, 0.6) is 0 Å². The van der Waals surface area contributed by atoms with Crippen LogP contribution in [0.4, 0.5) is 11.4 Å². The average Bonchev–Trinajstić information content (AvgIpc) is 2.76. The quantitative estimate of drug-likeness (QED) is 0.462. The van der Waals surface area contributed by atoms with E-state index in [2.05, 4.69) is 4.98 Å². The molecule has 0 radical (unpaired) electrons. The summed E-state index contributed by atoms with van der Waals surface area (Å²) in [7, 11) is 0. The van der Waals surface area contributed by atoms with E-state index in [0.717, 1.165) is 16.9 Å². The van der Waals surface area contributed by atoms with Crippen LogP contribution in [0.25, 0.3) is 0 Å². The lowest BCUT2D eigenvalue weighted by atomic mass is 9.89. The van der Waals surface area contributed by atoms with Crippen LogP contribution in [0, 0.1) is 0 Å². The molecule has 0 N–H and O–H groups in total. The van der Waals surface area contributed by atoms with Gasteiger partial charge in [-0.3, -0.25) is 9.59 Å². The molecule has 1 aliphatic rings. The molecule has 0 saturated heterocycles. The van der Waals surface area contributed by atoms with E-state index in [4.69, 9.17) is 23.2 Å². The molecule has 2 heterocycles. The fraction of sp³-hybridized carbons (Fsp3) is 0.208. The number of hydrogen-bond acceptors (Lipinski definition) is 3. The first-order valence-electron chi connectivity index (χ1n) is 9.98. The number of amides is 2. The van der Waals surface area contributed by atoms with Gasteiger partial charge in [0, 0.05) is 24.3 Å². The molecule has 2 aromatic carbocycles. The first-order chi connectivity index (χ1) is 14.9. The van der Waals surface area contributed by atoms with Crippen molar-refractivity contribution < 1.29 is 9.59 Å². The second kappa shape index (κ2) is 8.69. The van der Waals surface area contributed by atoms with E-state index < -0.39 is 0 Å². The third-order valence-electron chi connectivity index (χ3n) is 5.48. The van der Waals surface area contributed by atoms with E-state index in [1.807, 2.05) is 61.5 Å². The molecule has 0 saturated carbocycles. The van der Waals surface area contributed by atoms with Crippen molar-refractivity contribution in [3.8, 4) is 0 Å². The van der Waals surface area contributed by atoms with Crippen molar-refractivity contribution in [2.75, 3.05) is 9.80 Å². The zero-order valence-electron chi connectivity index (χ0n) is 17.1. The van der Waals surface area contributed by atoms with Crippen LogP contribution in [0.15, 0.2) is 66.7 Å². The van der Waals surface area contributed by atoms with Gasteiger partial charge < -0.3 is 9.80 Å². The van der Waals surface area contributed by atoms with E-state index in [-0.39, 0.29) is 39.8 Å². The standard InChI is InChI=1S/C24H21Cl2N3O2/c1-15-14-21(29(16(2)30)17-8-4-3-5-9-17)18-10-6-7-11-20(18)28(15)24(31)23-19(25)12-13-22(26)27-23/h3-13,15,21H,14H2,1-2H3/t15-,21+/m1/s1. The van der Waals surface area contributed by atoms with Crippen molar-refractivity contribution in [3.05, 3.63) is 88.2 Å². The molecule has 0 fully saturated rings. The lowest BCUT2D eigenvalue weighted by Crippen LogP contribution is -2.47. The number of halogens is 2. The Bertz CT molecular complexity index is 1140. The molecule has 31 heavy (non-hydrogen) atoms. The first-order valence-corrected chi connectivity index (χ1v) is 10.7. The monoisotopic (exact) mass is 453 g/mol. The minimum atomic E-state index is -0.319. The summed E-state index contributed by atoms with van der Waals surface area (Å²) in [4.78, 5) is 33.8. The van der Waals surface area contributed by atoms with Gasteiger partial charge >= 0.3 is 0 Å². The Morgan fingerprint density at radius 1 is 1.00 bits per heavy atom. The molecular formula is C24H21Cl2N3O2. The number of aromatic nitrogens is 1. The van der Waals surface area contributed by atoms with Crippen LogP contribution in [0.2, 0.25) is 10.2 Å². The molecule has 5 nitrogen and oxygen atoms in total. The number of nitrogens with zero attached hydrogens (tertiary/aromatic N) is 3. The van der Waals surface area contributed by atoms with Gasteiger partial charge in [0.1, 0.15) is 10.8 Å². The Morgan fingerprint density at radius 3 is 2.39 bits per heavy atom. The van der Waals surface area contributed by atoms with Crippen molar-refractivity contribution in [2.24, 2.45) is 0 Å². The third-order valence-corrected chi connectivity index (χ3v) is 5.99. The van der Waals surface area contributed by atoms with Crippen LogP contribution in [0.1, 0.15) is 42.4 Å². The van der Waals surface area contributed by atoms with Gasteiger partial charge in [-0.2, -0.15) is 0 Å². The van der Waals surface area contributed by atoms with Gasteiger partial charge in [0.15, 0.2) is 0 Å². The summed E-state index contributed by atoms with van der Waals surface area (Å²) in [6, 6.07) is 19.9. The molecule has 4 rings (SSSR count). The SMILES string of the molecule is CC(=O)N(c1ccccc1)[C@H]1C[C@@H](C)N(C(=O)c2nc(Cl)ccc2Cl)c2ccccc21. The van der Waals surface area contributed by atoms with Gasteiger partial charge in [0.2, 0.25) is 5.91 Å². The highest BCUT2D eigenvalue weighted by Crippen LogP contribution is 2.42. The van der Waals surface area contributed by atoms with Crippen molar-refractivity contribution in [3.63, 3.8) is 0 Å². The number of para-hydroxylation sites is 2. The fourth-order valence-corrected chi connectivity index (χ4v) is 4.52. The zero-order valence-corrected chi connectivity index (χ0v) is 18.6. The second-order valence-corrected chi connectivity index (χ2v) is 8.32. The smallest absolute Gasteiger partial charge is 0.278 e.